The van der Waals surface area contributed by atoms with E-state index in [1.165, 1.54) is 6.92 Å². The Morgan fingerprint density at radius 2 is 1.91 bits per heavy atom. The van der Waals surface area contributed by atoms with Crippen molar-refractivity contribution in [2.45, 2.75) is 12.6 Å². The van der Waals surface area contributed by atoms with Crippen molar-refractivity contribution < 1.29 is 9.18 Å². The zero-order chi connectivity index (χ0) is 8.32. The molecule has 1 rings (SSSR count). The van der Waals surface area contributed by atoms with Crippen molar-refractivity contribution in [1.82, 2.24) is 0 Å². The molecule has 0 N–H and O–H groups in total. The maximum atomic E-state index is 13.2. The summed E-state index contributed by atoms with van der Waals surface area (Å²) in [6.07, 6.45) is 0.308. The quantitative estimate of drug-likeness (QED) is 0.593. The summed E-state index contributed by atoms with van der Waals surface area (Å²) >= 11 is 0. The Balaban J connectivity index is 3.02. The molecule has 2 heteroatoms. The molecule has 0 aliphatic rings. The zero-order valence-electron chi connectivity index (χ0n) is 6.25. The monoisotopic (exact) mass is 152 g/mol. The molecule has 11 heavy (non-hydrogen) atoms. The van der Waals surface area contributed by atoms with Gasteiger partial charge in [0.1, 0.15) is 0 Å². The molecule has 1 aromatic carbocycles. The highest BCUT2D eigenvalue weighted by atomic mass is 19.1. The first-order valence-electron chi connectivity index (χ1n) is 3.37. The maximum absolute atomic E-state index is 13.2. The fraction of sp³-hybridized carbons (Fsp3) is 0.222. The van der Waals surface area contributed by atoms with E-state index in [4.69, 9.17) is 0 Å². The Morgan fingerprint density at radius 3 is 2.36 bits per heavy atom. The number of halogens is 1. The van der Waals surface area contributed by atoms with Crippen LogP contribution in [0.25, 0.3) is 0 Å². The largest absolute Gasteiger partial charge is 0.299 e. The fourth-order valence-electron chi connectivity index (χ4n) is 0.832. The van der Waals surface area contributed by atoms with Gasteiger partial charge in [-0.1, -0.05) is 30.3 Å². The molecule has 0 bridgehead atoms. The minimum absolute atomic E-state index is 0.308. The van der Waals surface area contributed by atoms with Gasteiger partial charge in [0.2, 0.25) is 0 Å². The van der Waals surface area contributed by atoms with Crippen molar-refractivity contribution in [2.24, 2.45) is 0 Å². The van der Waals surface area contributed by atoms with E-state index in [0.29, 0.717) is 11.8 Å². The van der Waals surface area contributed by atoms with Gasteiger partial charge in [-0.2, -0.15) is 0 Å². The van der Waals surface area contributed by atoms with Crippen molar-refractivity contribution >= 4 is 6.29 Å². The molecule has 1 atom stereocenters. The van der Waals surface area contributed by atoms with Gasteiger partial charge in [-0.15, -0.1) is 0 Å². The highest BCUT2D eigenvalue weighted by Crippen LogP contribution is 2.21. The van der Waals surface area contributed by atoms with E-state index in [1.807, 2.05) is 0 Å². The summed E-state index contributed by atoms with van der Waals surface area (Å²) in [4.78, 5) is 10.3. The standard InChI is InChI=1S/C9H9FO/c1-9(10,7-11)8-5-3-2-4-6-8/h2-7H,1H3/t9-/m1/s1. The third-order valence-corrected chi connectivity index (χ3v) is 1.56. The maximum Gasteiger partial charge on any atom is 0.187 e. The van der Waals surface area contributed by atoms with Gasteiger partial charge in [0.05, 0.1) is 0 Å². The van der Waals surface area contributed by atoms with E-state index in [-0.39, 0.29) is 0 Å². The van der Waals surface area contributed by atoms with Crippen molar-refractivity contribution in [1.29, 1.82) is 0 Å². The highest BCUT2D eigenvalue weighted by Gasteiger charge is 2.23. The summed E-state index contributed by atoms with van der Waals surface area (Å²) in [5, 5.41) is 0. The second-order valence-corrected chi connectivity index (χ2v) is 2.56. The average molecular weight is 152 g/mol. The van der Waals surface area contributed by atoms with Gasteiger partial charge in [0.15, 0.2) is 12.0 Å². The molecule has 0 spiro atoms. The summed E-state index contributed by atoms with van der Waals surface area (Å²) in [5.41, 5.74) is -1.45. The zero-order valence-corrected chi connectivity index (χ0v) is 6.25. The number of hydrogen-bond acceptors (Lipinski definition) is 1. The number of rotatable bonds is 2. The van der Waals surface area contributed by atoms with Crippen LogP contribution in [0.4, 0.5) is 4.39 Å². The van der Waals surface area contributed by atoms with E-state index in [0.717, 1.165) is 0 Å². The molecular weight excluding hydrogens is 143 g/mol. The summed E-state index contributed by atoms with van der Waals surface area (Å²) in [7, 11) is 0. The molecule has 0 unspecified atom stereocenters. The molecule has 1 aromatic rings. The number of aldehydes is 1. The van der Waals surface area contributed by atoms with Gasteiger partial charge in [-0.25, -0.2) is 4.39 Å². The molecule has 0 aromatic heterocycles. The summed E-state index contributed by atoms with van der Waals surface area (Å²) < 4.78 is 13.2. The van der Waals surface area contributed by atoms with E-state index in [1.54, 1.807) is 30.3 Å². The minimum atomic E-state index is -1.85. The predicted octanol–water partition coefficient (Wildman–Crippen LogP) is 2.07. The Kier molecular flexibility index (Phi) is 2.03. The van der Waals surface area contributed by atoms with Crippen LogP contribution >= 0.6 is 0 Å². The third kappa shape index (κ3) is 1.64. The van der Waals surface area contributed by atoms with Crippen LogP contribution < -0.4 is 0 Å². The Morgan fingerprint density at radius 1 is 1.36 bits per heavy atom. The first-order chi connectivity index (χ1) is 5.17. The Bertz CT molecular complexity index is 241. The molecular formula is C9H9FO. The lowest BCUT2D eigenvalue weighted by Crippen LogP contribution is -2.16. The van der Waals surface area contributed by atoms with E-state index < -0.39 is 5.67 Å². The van der Waals surface area contributed by atoms with Crippen molar-refractivity contribution in [3.63, 3.8) is 0 Å². The van der Waals surface area contributed by atoms with Crippen LogP contribution in [0.1, 0.15) is 12.5 Å². The number of hydrogen-bond donors (Lipinski definition) is 0. The first-order valence-corrected chi connectivity index (χ1v) is 3.37. The van der Waals surface area contributed by atoms with Crippen LogP contribution in [0.5, 0.6) is 0 Å². The van der Waals surface area contributed by atoms with E-state index >= 15 is 0 Å². The lowest BCUT2D eigenvalue weighted by Gasteiger charge is -2.11. The van der Waals surface area contributed by atoms with E-state index in [9.17, 15) is 9.18 Å². The molecule has 0 radical (unpaired) electrons. The third-order valence-electron chi connectivity index (χ3n) is 1.56. The number of carbonyl (C=O) groups excluding carboxylic acids is 1. The molecule has 0 aliphatic carbocycles. The van der Waals surface area contributed by atoms with Crippen molar-refractivity contribution in [3.8, 4) is 0 Å². The molecule has 0 fully saturated rings. The van der Waals surface area contributed by atoms with Gasteiger partial charge < -0.3 is 0 Å². The molecule has 0 amide bonds. The summed E-state index contributed by atoms with van der Waals surface area (Å²) in [6.45, 7) is 1.25. The molecule has 0 saturated heterocycles. The lowest BCUT2D eigenvalue weighted by molar-refractivity contribution is -0.117. The fourth-order valence-corrected chi connectivity index (χ4v) is 0.832. The van der Waals surface area contributed by atoms with Gasteiger partial charge >= 0.3 is 0 Å². The molecule has 0 saturated carbocycles. The normalized spacial score (nSPS) is 15.5. The highest BCUT2D eigenvalue weighted by molar-refractivity contribution is 5.65. The molecule has 1 nitrogen and oxygen atoms in total. The molecule has 0 aliphatic heterocycles. The van der Waals surface area contributed by atoms with Crippen molar-refractivity contribution in [3.05, 3.63) is 35.9 Å². The Hall–Kier alpha value is -1.18. The predicted molar refractivity (Wildman–Crippen MR) is 41.0 cm³/mol. The van der Waals surface area contributed by atoms with Crippen LogP contribution in [-0.4, -0.2) is 6.29 Å². The average Bonchev–Trinajstić information content (AvgIpc) is 2.06. The second-order valence-electron chi connectivity index (χ2n) is 2.56. The lowest BCUT2D eigenvalue weighted by atomic mass is 10.0. The van der Waals surface area contributed by atoms with Gasteiger partial charge in [-0.05, 0) is 12.5 Å². The second kappa shape index (κ2) is 2.82. The topological polar surface area (TPSA) is 17.1 Å². The van der Waals surface area contributed by atoms with Crippen LogP contribution in [0.2, 0.25) is 0 Å². The SMILES string of the molecule is C[C@@](F)(C=O)c1ccccc1. The molecule has 0 heterocycles. The van der Waals surface area contributed by atoms with Crippen LogP contribution in [-0.2, 0) is 10.5 Å². The number of benzene rings is 1. The number of alkyl halides is 1. The molecule has 58 valence electrons. The summed E-state index contributed by atoms with van der Waals surface area (Å²) in [6, 6.07) is 8.38. The van der Waals surface area contributed by atoms with Crippen LogP contribution in [0, 0.1) is 0 Å². The van der Waals surface area contributed by atoms with Gasteiger partial charge in [0, 0.05) is 0 Å². The summed E-state index contributed by atoms with van der Waals surface area (Å²) in [5.74, 6) is 0. The van der Waals surface area contributed by atoms with E-state index in [2.05, 4.69) is 0 Å². The minimum Gasteiger partial charge on any atom is -0.299 e. The number of carbonyl (C=O) groups is 1. The smallest absolute Gasteiger partial charge is 0.187 e. The van der Waals surface area contributed by atoms with Gasteiger partial charge in [0.25, 0.3) is 0 Å². The Labute approximate surface area is 64.9 Å². The van der Waals surface area contributed by atoms with Gasteiger partial charge in [-0.3, -0.25) is 4.79 Å². The van der Waals surface area contributed by atoms with Crippen LogP contribution in [0.15, 0.2) is 30.3 Å². The van der Waals surface area contributed by atoms with Crippen molar-refractivity contribution in [2.75, 3.05) is 0 Å². The van der Waals surface area contributed by atoms with Crippen LogP contribution in [0.3, 0.4) is 0 Å². The first kappa shape index (κ1) is 7.92.